The summed E-state index contributed by atoms with van der Waals surface area (Å²) in [5, 5.41) is 5.75. The quantitative estimate of drug-likeness (QED) is 0.720. The molecule has 2 N–H and O–H groups in total. The number of alkyl halides is 3. The lowest BCUT2D eigenvalue weighted by molar-refractivity contribution is -0.144. The summed E-state index contributed by atoms with van der Waals surface area (Å²) in [6.45, 7) is 6.96. The van der Waals surface area contributed by atoms with E-state index in [-0.39, 0.29) is 11.8 Å². The number of rotatable bonds is 6. The molecule has 1 aliphatic heterocycles. The van der Waals surface area contributed by atoms with Crippen LogP contribution in [0.25, 0.3) is 0 Å². The number of hydrogen-bond acceptors (Lipinski definition) is 4. The van der Waals surface area contributed by atoms with Crippen molar-refractivity contribution < 1.29 is 22.8 Å². The number of nitrogens with one attached hydrogen (secondary N) is 2. The molecule has 0 bridgehead atoms. The molecule has 0 radical (unpaired) electrons. The highest BCUT2D eigenvalue weighted by Gasteiger charge is 2.38. The molecule has 0 spiro atoms. The van der Waals surface area contributed by atoms with E-state index in [1.807, 2.05) is 20.8 Å². The average molecular weight is 400 g/mol. The van der Waals surface area contributed by atoms with Gasteiger partial charge >= 0.3 is 6.18 Å². The van der Waals surface area contributed by atoms with Crippen molar-refractivity contribution in [1.82, 2.24) is 15.2 Å². The number of nitrogens with zero attached hydrogens (tertiary/aromatic N) is 2. The van der Waals surface area contributed by atoms with Crippen molar-refractivity contribution in [2.45, 2.75) is 52.3 Å². The molecule has 2 rings (SSSR count). The standard InChI is InChI=1S/C19H27F3N4O2/c1-18(2,3)17(28)26-11-4-6-14(26)16(27)24-10-5-9-23-15-8-7-13(12-25-15)19(20,21)22/h7-8,12,14H,4-6,9-11H2,1-3H3,(H,23,25)(H,24,27)/t14-/m0/s1. The third kappa shape index (κ3) is 5.84. The van der Waals surface area contributed by atoms with Crippen LogP contribution < -0.4 is 10.6 Å². The van der Waals surface area contributed by atoms with Crippen molar-refractivity contribution in [3.05, 3.63) is 23.9 Å². The number of halogens is 3. The Bertz CT molecular complexity index is 684. The summed E-state index contributed by atoms with van der Waals surface area (Å²) in [6, 6.07) is 1.81. The lowest BCUT2D eigenvalue weighted by Crippen LogP contribution is -2.49. The summed E-state index contributed by atoms with van der Waals surface area (Å²) < 4.78 is 37.5. The van der Waals surface area contributed by atoms with Crippen molar-refractivity contribution in [2.75, 3.05) is 25.0 Å². The smallest absolute Gasteiger partial charge is 0.370 e. The van der Waals surface area contributed by atoms with Gasteiger partial charge in [0.25, 0.3) is 0 Å². The Morgan fingerprint density at radius 1 is 1.21 bits per heavy atom. The van der Waals surface area contributed by atoms with Gasteiger partial charge in [0, 0.05) is 31.2 Å². The van der Waals surface area contributed by atoms with E-state index in [0.717, 1.165) is 18.7 Å². The van der Waals surface area contributed by atoms with Crippen LogP contribution in [0, 0.1) is 5.41 Å². The highest BCUT2D eigenvalue weighted by molar-refractivity contribution is 5.90. The molecule has 156 valence electrons. The van der Waals surface area contributed by atoms with E-state index in [9.17, 15) is 22.8 Å². The van der Waals surface area contributed by atoms with Crippen LogP contribution in [0.5, 0.6) is 0 Å². The molecule has 1 atom stereocenters. The Kier molecular flexibility index (Phi) is 6.90. The minimum atomic E-state index is -4.40. The van der Waals surface area contributed by atoms with Crippen LogP contribution in [0.3, 0.4) is 0 Å². The Morgan fingerprint density at radius 3 is 2.50 bits per heavy atom. The van der Waals surface area contributed by atoms with E-state index in [1.54, 1.807) is 4.90 Å². The summed E-state index contributed by atoms with van der Waals surface area (Å²) in [5.74, 6) is 0.153. The molecule has 0 aromatic carbocycles. The fraction of sp³-hybridized carbons (Fsp3) is 0.632. The summed E-state index contributed by atoms with van der Waals surface area (Å²) in [4.78, 5) is 30.2. The van der Waals surface area contributed by atoms with Crippen LogP contribution in [0.2, 0.25) is 0 Å². The highest BCUT2D eigenvalue weighted by Crippen LogP contribution is 2.29. The maximum absolute atomic E-state index is 12.5. The van der Waals surface area contributed by atoms with E-state index in [0.29, 0.717) is 38.3 Å². The predicted octanol–water partition coefficient (Wildman–Crippen LogP) is 3.06. The van der Waals surface area contributed by atoms with Crippen LogP contribution in [0.15, 0.2) is 18.3 Å². The Hall–Kier alpha value is -2.32. The van der Waals surface area contributed by atoms with E-state index in [2.05, 4.69) is 15.6 Å². The first-order valence-electron chi connectivity index (χ1n) is 9.36. The van der Waals surface area contributed by atoms with Gasteiger partial charge in [-0.3, -0.25) is 9.59 Å². The van der Waals surface area contributed by atoms with Crippen molar-refractivity contribution in [1.29, 1.82) is 0 Å². The number of anilines is 1. The van der Waals surface area contributed by atoms with Crippen LogP contribution in [0.4, 0.5) is 19.0 Å². The molecule has 2 amide bonds. The zero-order valence-corrected chi connectivity index (χ0v) is 16.4. The van der Waals surface area contributed by atoms with Gasteiger partial charge in [-0.05, 0) is 31.4 Å². The molecule has 1 aromatic rings. The van der Waals surface area contributed by atoms with E-state index in [1.165, 1.54) is 6.07 Å². The van der Waals surface area contributed by atoms with Crippen LogP contribution >= 0.6 is 0 Å². The van der Waals surface area contributed by atoms with Crippen LogP contribution in [0.1, 0.15) is 45.6 Å². The van der Waals surface area contributed by atoms with Crippen molar-refractivity contribution in [2.24, 2.45) is 5.41 Å². The van der Waals surface area contributed by atoms with Crippen molar-refractivity contribution in [3.8, 4) is 0 Å². The van der Waals surface area contributed by atoms with Gasteiger partial charge in [-0.15, -0.1) is 0 Å². The minimum Gasteiger partial charge on any atom is -0.370 e. The average Bonchev–Trinajstić information content (AvgIpc) is 3.09. The fourth-order valence-electron chi connectivity index (χ4n) is 3.01. The van der Waals surface area contributed by atoms with Gasteiger partial charge in [0.05, 0.1) is 5.56 Å². The maximum atomic E-state index is 12.5. The van der Waals surface area contributed by atoms with Gasteiger partial charge in [-0.2, -0.15) is 13.2 Å². The Balaban J connectivity index is 1.73. The van der Waals surface area contributed by atoms with Gasteiger partial charge in [0.1, 0.15) is 11.9 Å². The van der Waals surface area contributed by atoms with Crippen molar-refractivity contribution >= 4 is 17.6 Å². The van der Waals surface area contributed by atoms with Gasteiger partial charge in [-0.1, -0.05) is 20.8 Å². The molecule has 28 heavy (non-hydrogen) atoms. The number of hydrogen-bond donors (Lipinski definition) is 2. The molecule has 1 aromatic heterocycles. The molecule has 0 unspecified atom stereocenters. The van der Waals surface area contributed by atoms with E-state index >= 15 is 0 Å². The maximum Gasteiger partial charge on any atom is 0.417 e. The summed E-state index contributed by atoms with van der Waals surface area (Å²) in [6.07, 6.45) is -1.58. The summed E-state index contributed by atoms with van der Waals surface area (Å²) >= 11 is 0. The summed E-state index contributed by atoms with van der Waals surface area (Å²) in [7, 11) is 0. The number of amides is 2. The first-order chi connectivity index (χ1) is 13.0. The van der Waals surface area contributed by atoms with Gasteiger partial charge in [-0.25, -0.2) is 4.98 Å². The zero-order chi connectivity index (χ0) is 20.9. The van der Waals surface area contributed by atoms with E-state index < -0.39 is 23.2 Å². The molecule has 9 heteroatoms. The van der Waals surface area contributed by atoms with Gasteiger partial charge in [0.2, 0.25) is 11.8 Å². The molecule has 1 aliphatic rings. The van der Waals surface area contributed by atoms with E-state index in [4.69, 9.17) is 0 Å². The lowest BCUT2D eigenvalue weighted by atomic mass is 9.94. The third-order valence-corrected chi connectivity index (χ3v) is 4.51. The number of carbonyl (C=O) groups excluding carboxylic acids is 2. The molecule has 6 nitrogen and oxygen atoms in total. The molecule has 0 saturated carbocycles. The molecule has 0 aliphatic carbocycles. The normalized spacial score (nSPS) is 17.5. The first-order valence-corrected chi connectivity index (χ1v) is 9.36. The number of likely N-dealkylation sites (tertiary alicyclic amines) is 1. The Morgan fingerprint density at radius 2 is 1.93 bits per heavy atom. The number of pyridine rings is 1. The molecular weight excluding hydrogens is 373 g/mol. The molecular formula is C19H27F3N4O2. The second kappa shape index (κ2) is 8.79. The predicted molar refractivity (Wildman–Crippen MR) is 99.5 cm³/mol. The summed E-state index contributed by atoms with van der Waals surface area (Å²) in [5.41, 5.74) is -1.32. The van der Waals surface area contributed by atoms with Crippen molar-refractivity contribution in [3.63, 3.8) is 0 Å². The van der Waals surface area contributed by atoms with Gasteiger partial charge in [0.15, 0.2) is 0 Å². The SMILES string of the molecule is CC(C)(C)C(=O)N1CCC[C@H]1C(=O)NCCCNc1ccc(C(F)(F)F)cn1. The molecule has 2 heterocycles. The fourth-order valence-corrected chi connectivity index (χ4v) is 3.01. The second-order valence-corrected chi connectivity index (χ2v) is 7.91. The van der Waals surface area contributed by atoms with Crippen LogP contribution in [-0.4, -0.2) is 47.4 Å². The molecule has 1 saturated heterocycles. The monoisotopic (exact) mass is 400 g/mol. The second-order valence-electron chi connectivity index (χ2n) is 7.91. The minimum absolute atomic E-state index is 0.0276. The Labute approximate surface area is 162 Å². The van der Waals surface area contributed by atoms with Gasteiger partial charge < -0.3 is 15.5 Å². The topological polar surface area (TPSA) is 74.3 Å². The highest BCUT2D eigenvalue weighted by atomic mass is 19.4. The first kappa shape index (κ1) is 22.0. The number of carbonyl (C=O) groups is 2. The largest absolute Gasteiger partial charge is 0.417 e. The third-order valence-electron chi connectivity index (χ3n) is 4.51. The number of aromatic nitrogens is 1. The zero-order valence-electron chi connectivity index (χ0n) is 16.4. The lowest BCUT2D eigenvalue weighted by Gasteiger charge is -2.30. The molecule has 1 fully saturated rings. The van der Waals surface area contributed by atoms with Crippen LogP contribution in [-0.2, 0) is 15.8 Å².